The van der Waals surface area contributed by atoms with Gasteiger partial charge in [-0.05, 0) is 93.3 Å². The Morgan fingerprint density at radius 2 is 1.62 bits per heavy atom. The van der Waals surface area contributed by atoms with Gasteiger partial charge < -0.3 is 14.2 Å². The molecule has 0 saturated heterocycles. The van der Waals surface area contributed by atoms with Crippen LogP contribution in [0.25, 0.3) is 10.8 Å². The van der Waals surface area contributed by atoms with Gasteiger partial charge in [0, 0.05) is 0 Å². The standard InChI is InChI=1S/C29H25BrN2O5/c1-2-17-35-23-14-9-22(10-15-23)29(34)37-24-12-7-20(8-13-24)18-31-32-27(33)19-36-26-16-11-21-5-3-4-6-25(21)28(26)30/h3-16,18H,2,17,19H2,1H3,(H,32,33). The Kier molecular flexibility index (Phi) is 8.89. The fourth-order valence-corrected chi connectivity index (χ4v) is 3.98. The van der Waals surface area contributed by atoms with Gasteiger partial charge in [-0.3, -0.25) is 4.79 Å². The summed E-state index contributed by atoms with van der Waals surface area (Å²) in [6.45, 7) is 2.47. The van der Waals surface area contributed by atoms with E-state index in [0.717, 1.165) is 27.2 Å². The SMILES string of the molecule is CCCOc1ccc(C(=O)Oc2ccc(C=NNC(=O)COc3ccc4ccccc4c3Br)cc2)cc1. The molecule has 0 spiro atoms. The van der Waals surface area contributed by atoms with Crippen LogP contribution in [0.5, 0.6) is 17.2 Å². The second-order valence-corrected chi connectivity index (χ2v) is 8.81. The normalized spacial score (nSPS) is 10.9. The molecule has 4 aromatic carbocycles. The number of benzene rings is 4. The fourth-order valence-electron chi connectivity index (χ4n) is 3.37. The molecule has 0 aliphatic heterocycles. The Bertz CT molecular complexity index is 1400. The van der Waals surface area contributed by atoms with Crippen LogP contribution in [0.4, 0.5) is 0 Å². The molecule has 188 valence electrons. The third-order valence-electron chi connectivity index (χ3n) is 5.24. The number of fused-ring (bicyclic) bond motifs is 1. The molecule has 0 atom stereocenters. The fraction of sp³-hybridized carbons (Fsp3) is 0.138. The van der Waals surface area contributed by atoms with Crippen molar-refractivity contribution in [2.75, 3.05) is 13.2 Å². The van der Waals surface area contributed by atoms with Crippen molar-refractivity contribution in [2.45, 2.75) is 13.3 Å². The van der Waals surface area contributed by atoms with Gasteiger partial charge in [-0.15, -0.1) is 0 Å². The number of ether oxygens (including phenoxy) is 3. The lowest BCUT2D eigenvalue weighted by atomic mass is 10.1. The second kappa shape index (κ2) is 12.7. The van der Waals surface area contributed by atoms with Crippen LogP contribution in [0.15, 0.2) is 94.5 Å². The number of amides is 1. The highest BCUT2D eigenvalue weighted by molar-refractivity contribution is 9.10. The lowest BCUT2D eigenvalue weighted by Gasteiger charge is -2.09. The predicted octanol–water partition coefficient (Wildman–Crippen LogP) is 6.14. The van der Waals surface area contributed by atoms with E-state index in [4.69, 9.17) is 14.2 Å². The molecule has 4 rings (SSSR count). The molecule has 0 heterocycles. The summed E-state index contributed by atoms with van der Waals surface area (Å²) < 4.78 is 17.4. The Labute approximate surface area is 223 Å². The van der Waals surface area contributed by atoms with E-state index in [1.807, 2.05) is 43.3 Å². The zero-order valence-corrected chi connectivity index (χ0v) is 21.7. The van der Waals surface area contributed by atoms with Crippen molar-refractivity contribution in [2.24, 2.45) is 5.10 Å². The van der Waals surface area contributed by atoms with E-state index in [1.165, 1.54) is 6.21 Å². The molecule has 1 amide bonds. The summed E-state index contributed by atoms with van der Waals surface area (Å²) in [4.78, 5) is 24.5. The predicted molar refractivity (Wildman–Crippen MR) is 147 cm³/mol. The average Bonchev–Trinajstić information content (AvgIpc) is 2.93. The smallest absolute Gasteiger partial charge is 0.343 e. The highest BCUT2D eigenvalue weighted by Crippen LogP contribution is 2.32. The number of rotatable bonds is 10. The lowest BCUT2D eigenvalue weighted by molar-refractivity contribution is -0.123. The van der Waals surface area contributed by atoms with E-state index in [1.54, 1.807) is 48.5 Å². The minimum Gasteiger partial charge on any atom is -0.494 e. The third-order valence-corrected chi connectivity index (χ3v) is 6.06. The Hall–Kier alpha value is -4.17. The topological polar surface area (TPSA) is 86.2 Å². The zero-order valence-electron chi connectivity index (χ0n) is 20.1. The van der Waals surface area contributed by atoms with Crippen molar-refractivity contribution in [3.05, 3.63) is 101 Å². The average molecular weight is 561 g/mol. The van der Waals surface area contributed by atoms with Crippen LogP contribution < -0.4 is 19.6 Å². The molecule has 37 heavy (non-hydrogen) atoms. The number of esters is 1. The number of carbonyl (C=O) groups is 2. The van der Waals surface area contributed by atoms with E-state index in [0.29, 0.717) is 29.4 Å². The first-order valence-corrected chi connectivity index (χ1v) is 12.5. The third kappa shape index (κ3) is 7.17. The van der Waals surface area contributed by atoms with Crippen LogP contribution in [0.2, 0.25) is 0 Å². The molecule has 0 aliphatic carbocycles. The summed E-state index contributed by atoms with van der Waals surface area (Å²) in [6.07, 6.45) is 2.40. The van der Waals surface area contributed by atoms with Gasteiger partial charge in [-0.1, -0.05) is 37.3 Å². The minimum absolute atomic E-state index is 0.186. The molecule has 0 saturated carbocycles. The molecule has 0 aliphatic rings. The number of halogens is 1. The van der Waals surface area contributed by atoms with E-state index in [-0.39, 0.29) is 6.61 Å². The van der Waals surface area contributed by atoms with Crippen LogP contribution in [-0.4, -0.2) is 31.3 Å². The molecule has 0 fully saturated rings. The lowest BCUT2D eigenvalue weighted by Crippen LogP contribution is -2.24. The molecule has 0 bridgehead atoms. The van der Waals surface area contributed by atoms with Crippen molar-refractivity contribution in [3.63, 3.8) is 0 Å². The molecule has 4 aromatic rings. The van der Waals surface area contributed by atoms with Crippen molar-refractivity contribution >= 4 is 44.8 Å². The first kappa shape index (κ1) is 25.9. The van der Waals surface area contributed by atoms with E-state index >= 15 is 0 Å². The number of hydrazone groups is 1. The first-order valence-electron chi connectivity index (χ1n) is 11.7. The molecule has 8 heteroatoms. The van der Waals surface area contributed by atoms with Gasteiger partial charge in [0.05, 0.1) is 22.9 Å². The van der Waals surface area contributed by atoms with Gasteiger partial charge in [-0.2, -0.15) is 5.10 Å². The summed E-state index contributed by atoms with van der Waals surface area (Å²) >= 11 is 3.54. The maximum absolute atomic E-state index is 12.4. The minimum atomic E-state index is -0.464. The Morgan fingerprint density at radius 3 is 2.38 bits per heavy atom. The van der Waals surface area contributed by atoms with Gasteiger partial charge in [-0.25, -0.2) is 10.2 Å². The van der Waals surface area contributed by atoms with Gasteiger partial charge >= 0.3 is 5.97 Å². The van der Waals surface area contributed by atoms with Gasteiger partial charge in [0.25, 0.3) is 5.91 Å². The molecule has 7 nitrogen and oxygen atoms in total. The Balaban J connectivity index is 1.24. The number of nitrogens with zero attached hydrogens (tertiary/aromatic N) is 1. The summed E-state index contributed by atoms with van der Waals surface area (Å²) in [5.41, 5.74) is 3.58. The molecular formula is C29H25BrN2O5. The van der Waals surface area contributed by atoms with Gasteiger partial charge in [0.2, 0.25) is 0 Å². The summed E-state index contributed by atoms with van der Waals surface area (Å²) in [7, 11) is 0. The number of hydrogen-bond acceptors (Lipinski definition) is 6. The maximum Gasteiger partial charge on any atom is 0.343 e. The van der Waals surface area contributed by atoms with E-state index < -0.39 is 11.9 Å². The Morgan fingerprint density at radius 1 is 0.892 bits per heavy atom. The van der Waals surface area contributed by atoms with Crippen molar-refractivity contribution in [3.8, 4) is 17.2 Å². The molecule has 0 unspecified atom stereocenters. The van der Waals surface area contributed by atoms with Crippen molar-refractivity contribution < 1.29 is 23.8 Å². The van der Waals surface area contributed by atoms with E-state index in [2.05, 4.69) is 26.5 Å². The zero-order chi connectivity index (χ0) is 26.0. The quantitative estimate of drug-likeness (QED) is 0.109. The molecule has 1 N–H and O–H groups in total. The molecule has 0 aromatic heterocycles. The van der Waals surface area contributed by atoms with E-state index in [9.17, 15) is 9.59 Å². The second-order valence-electron chi connectivity index (χ2n) is 8.01. The van der Waals surface area contributed by atoms with Crippen molar-refractivity contribution in [1.29, 1.82) is 0 Å². The van der Waals surface area contributed by atoms with Crippen molar-refractivity contribution in [1.82, 2.24) is 5.43 Å². The summed E-state index contributed by atoms with van der Waals surface area (Å²) in [5, 5.41) is 6.03. The van der Waals surface area contributed by atoms with Gasteiger partial charge in [0.15, 0.2) is 6.61 Å². The molecular weight excluding hydrogens is 536 g/mol. The van der Waals surface area contributed by atoms with Crippen LogP contribution in [-0.2, 0) is 4.79 Å². The number of hydrogen-bond donors (Lipinski definition) is 1. The summed E-state index contributed by atoms with van der Waals surface area (Å²) in [6, 6.07) is 25.2. The van der Waals surface area contributed by atoms with Crippen LogP contribution in [0.1, 0.15) is 29.3 Å². The monoisotopic (exact) mass is 560 g/mol. The van der Waals surface area contributed by atoms with Gasteiger partial charge in [0.1, 0.15) is 17.2 Å². The maximum atomic E-state index is 12.4. The first-order chi connectivity index (χ1) is 18.0. The van der Waals surface area contributed by atoms with Crippen LogP contribution in [0, 0.1) is 0 Å². The summed E-state index contributed by atoms with van der Waals surface area (Å²) in [5.74, 6) is 0.819. The highest BCUT2D eigenvalue weighted by Gasteiger charge is 2.10. The largest absolute Gasteiger partial charge is 0.494 e. The van der Waals surface area contributed by atoms with Crippen LogP contribution >= 0.6 is 15.9 Å². The number of nitrogens with one attached hydrogen (secondary N) is 1. The van der Waals surface area contributed by atoms with Crippen LogP contribution in [0.3, 0.4) is 0 Å². The number of carbonyl (C=O) groups excluding carboxylic acids is 2. The highest BCUT2D eigenvalue weighted by atomic mass is 79.9. The molecule has 0 radical (unpaired) electrons.